The molecule has 136 valence electrons. The van der Waals surface area contributed by atoms with Crippen LogP contribution in [-0.4, -0.2) is 44.7 Å². The van der Waals surface area contributed by atoms with Crippen LogP contribution in [0.1, 0.15) is 23.4 Å². The molecule has 0 aliphatic rings. The van der Waals surface area contributed by atoms with Crippen LogP contribution in [0, 0.1) is 0 Å². The van der Waals surface area contributed by atoms with E-state index < -0.39 is 0 Å². The van der Waals surface area contributed by atoms with Gasteiger partial charge in [0.05, 0.1) is 13.2 Å². The smallest absolute Gasteiger partial charge is 0.234 e. The van der Waals surface area contributed by atoms with Crippen molar-refractivity contribution in [2.24, 2.45) is 0 Å². The molecule has 1 amide bonds. The fourth-order valence-corrected chi connectivity index (χ4v) is 3.16. The van der Waals surface area contributed by atoms with Gasteiger partial charge in [0, 0.05) is 24.6 Å². The molecule has 0 saturated carbocycles. The van der Waals surface area contributed by atoms with Gasteiger partial charge in [-0.05, 0) is 43.1 Å². The number of carbonyl (C=O) groups is 1. The minimum absolute atomic E-state index is 0.0197. The Labute approximate surface area is 153 Å². The molecule has 0 bridgehead atoms. The maximum atomic E-state index is 12.2. The maximum absolute atomic E-state index is 12.2. The van der Waals surface area contributed by atoms with E-state index in [9.17, 15) is 4.79 Å². The molecule has 1 N–H and O–H groups in total. The molecule has 1 unspecified atom stereocenters. The number of nitrogens with zero attached hydrogens (tertiary/aromatic N) is 1. The van der Waals surface area contributed by atoms with Crippen molar-refractivity contribution >= 4 is 17.2 Å². The minimum Gasteiger partial charge on any atom is -0.491 e. The molecule has 0 aliphatic heterocycles. The van der Waals surface area contributed by atoms with Crippen molar-refractivity contribution in [2.45, 2.75) is 19.5 Å². The van der Waals surface area contributed by atoms with E-state index in [1.54, 1.807) is 18.4 Å². The van der Waals surface area contributed by atoms with Crippen LogP contribution in [0.2, 0.25) is 0 Å². The third-order valence-corrected chi connectivity index (χ3v) is 5.02. The monoisotopic (exact) mass is 362 g/mol. The number of hydrogen-bond acceptors (Lipinski definition) is 5. The van der Waals surface area contributed by atoms with Crippen molar-refractivity contribution in [3.63, 3.8) is 0 Å². The summed E-state index contributed by atoms with van der Waals surface area (Å²) in [6.45, 7) is 4.09. The molecule has 0 fully saturated rings. The molecule has 1 aromatic carbocycles. The van der Waals surface area contributed by atoms with Gasteiger partial charge in [0.15, 0.2) is 0 Å². The van der Waals surface area contributed by atoms with Crippen LogP contribution in [-0.2, 0) is 16.1 Å². The summed E-state index contributed by atoms with van der Waals surface area (Å²) in [5.74, 6) is 0.822. The highest BCUT2D eigenvalue weighted by Gasteiger charge is 2.15. The molecule has 6 heteroatoms. The third kappa shape index (κ3) is 6.49. The first-order chi connectivity index (χ1) is 12.1. The van der Waals surface area contributed by atoms with Crippen LogP contribution in [0.25, 0.3) is 0 Å². The van der Waals surface area contributed by atoms with Gasteiger partial charge in [-0.25, -0.2) is 0 Å². The first-order valence-electron chi connectivity index (χ1n) is 8.31. The molecule has 1 heterocycles. The lowest BCUT2D eigenvalue weighted by molar-refractivity contribution is -0.122. The summed E-state index contributed by atoms with van der Waals surface area (Å²) in [7, 11) is 3.61. The van der Waals surface area contributed by atoms with E-state index >= 15 is 0 Å². The van der Waals surface area contributed by atoms with Crippen molar-refractivity contribution in [1.82, 2.24) is 10.2 Å². The Bertz CT molecular complexity index is 629. The molecular formula is C19H26N2O3S. The molecule has 0 spiro atoms. The summed E-state index contributed by atoms with van der Waals surface area (Å²) in [6.07, 6.45) is 0. The van der Waals surface area contributed by atoms with Crippen LogP contribution in [0.5, 0.6) is 5.75 Å². The van der Waals surface area contributed by atoms with Gasteiger partial charge in [-0.1, -0.05) is 18.2 Å². The quantitative estimate of drug-likeness (QED) is 0.660. The second kappa shape index (κ2) is 10.2. The van der Waals surface area contributed by atoms with E-state index in [0.29, 0.717) is 26.3 Å². The highest BCUT2D eigenvalue weighted by Crippen LogP contribution is 2.22. The fraction of sp³-hybridized carbons (Fsp3) is 0.421. The van der Waals surface area contributed by atoms with Gasteiger partial charge in [0.2, 0.25) is 5.91 Å². The Kier molecular flexibility index (Phi) is 7.91. The number of nitrogens with one attached hydrogen (secondary N) is 1. The molecular weight excluding hydrogens is 336 g/mol. The zero-order valence-electron chi connectivity index (χ0n) is 15.0. The first-order valence-corrected chi connectivity index (χ1v) is 9.19. The Morgan fingerprint density at radius 2 is 2.00 bits per heavy atom. The lowest BCUT2D eigenvalue weighted by Crippen LogP contribution is -2.35. The van der Waals surface area contributed by atoms with Crippen LogP contribution < -0.4 is 10.1 Å². The van der Waals surface area contributed by atoms with Crippen molar-refractivity contribution < 1.29 is 14.3 Å². The van der Waals surface area contributed by atoms with Gasteiger partial charge in [-0.3, -0.25) is 9.69 Å². The number of likely N-dealkylation sites (N-methyl/N-ethyl adjacent to an activating group) is 1. The average Bonchev–Trinajstić information content (AvgIpc) is 3.15. The number of methoxy groups -OCH3 is 1. The van der Waals surface area contributed by atoms with E-state index in [1.807, 2.05) is 42.3 Å². The zero-order valence-corrected chi connectivity index (χ0v) is 15.8. The lowest BCUT2D eigenvalue weighted by Gasteiger charge is -2.23. The van der Waals surface area contributed by atoms with Gasteiger partial charge in [0.1, 0.15) is 12.4 Å². The van der Waals surface area contributed by atoms with Crippen molar-refractivity contribution in [2.75, 3.05) is 33.9 Å². The molecule has 25 heavy (non-hydrogen) atoms. The van der Waals surface area contributed by atoms with E-state index in [4.69, 9.17) is 9.47 Å². The highest BCUT2D eigenvalue weighted by atomic mass is 32.1. The molecule has 0 saturated heterocycles. The number of hydrogen-bond donors (Lipinski definition) is 1. The maximum Gasteiger partial charge on any atom is 0.234 e. The average molecular weight is 362 g/mol. The third-order valence-electron chi connectivity index (χ3n) is 3.98. The molecule has 2 aromatic rings. The van der Waals surface area contributed by atoms with Gasteiger partial charge < -0.3 is 14.8 Å². The van der Waals surface area contributed by atoms with Crippen molar-refractivity contribution in [1.29, 1.82) is 0 Å². The van der Waals surface area contributed by atoms with E-state index in [-0.39, 0.29) is 11.9 Å². The summed E-state index contributed by atoms with van der Waals surface area (Å²) in [6, 6.07) is 12.1. The summed E-state index contributed by atoms with van der Waals surface area (Å²) in [5, 5.41) is 5.02. The summed E-state index contributed by atoms with van der Waals surface area (Å²) < 4.78 is 10.5. The van der Waals surface area contributed by atoms with Gasteiger partial charge in [-0.15, -0.1) is 11.3 Å². The predicted molar refractivity (Wildman–Crippen MR) is 101 cm³/mol. The Morgan fingerprint density at radius 1 is 1.24 bits per heavy atom. The Balaban J connectivity index is 1.74. The topological polar surface area (TPSA) is 50.8 Å². The van der Waals surface area contributed by atoms with Gasteiger partial charge >= 0.3 is 0 Å². The van der Waals surface area contributed by atoms with Crippen molar-refractivity contribution in [3.8, 4) is 5.75 Å². The van der Waals surface area contributed by atoms with E-state index in [0.717, 1.165) is 11.3 Å². The summed E-state index contributed by atoms with van der Waals surface area (Å²) in [5.41, 5.74) is 1.04. The SMILES string of the molecule is COCCOc1ccc(CNC(=O)CN(C)C(C)c2cccs2)cc1. The summed E-state index contributed by atoms with van der Waals surface area (Å²) >= 11 is 1.71. The normalized spacial score (nSPS) is 12.2. The molecule has 2 rings (SSSR count). The minimum atomic E-state index is 0.0197. The first kappa shape index (κ1) is 19.4. The number of benzene rings is 1. The number of amides is 1. The van der Waals surface area contributed by atoms with Crippen LogP contribution in [0.15, 0.2) is 41.8 Å². The molecule has 1 aromatic heterocycles. The molecule has 0 radical (unpaired) electrons. The van der Waals surface area contributed by atoms with Crippen LogP contribution in [0.4, 0.5) is 0 Å². The largest absolute Gasteiger partial charge is 0.491 e. The van der Waals surface area contributed by atoms with Gasteiger partial charge in [-0.2, -0.15) is 0 Å². The number of thiophene rings is 1. The van der Waals surface area contributed by atoms with Crippen LogP contribution in [0.3, 0.4) is 0 Å². The molecule has 5 nitrogen and oxygen atoms in total. The number of ether oxygens (including phenoxy) is 2. The Morgan fingerprint density at radius 3 is 2.64 bits per heavy atom. The zero-order chi connectivity index (χ0) is 18.1. The van der Waals surface area contributed by atoms with Crippen LogP contribution >= 0.6 is 11.3 Å². The Hall–Kier alpha value is -1.89. The second-order valence-electron chi connectivity index (χ2n) is 5.87. The standard InChI is InChI=1S/C19H26N2O3S/c1-15(18-5-4-12-25-18)21(2)14-19(22)20-13-16-6-8-17(9-7-16)24-11-10-23-3/h4-9,12,15H,10-11,13-14H2,1-3H3,(H,20,22). The van der Waals surface area contributed by atoms with E-state index in [2.05, 4.69) is 23.7 Å². The number of carbonyl (C=O) groups excluding carboxylic acids is 1. The summed E-state index contributed by atoms with van der Waals surface area (Å²) in [4.78, 5) is 15.5. The molecule has 1 atom stereocenters. The highest BCUT2D eigenvalue weighted by molar-refractivity contribution is 7.10. The predicted octanol–water partition coefficient (Wildman–Crippen LogP) is 3.08. The fourth-order valence-electron chi connectivity index (χ4n) is 2.31. The molecule has 0 aliphatic carbocycles. The number of rotatable bonds is 10. The second-order valence-corrected chi connectivity index (χ2v) is 6.85. The van der Waals surface area contributed by atoms with Gasteiger partial charge in [0.25, 0.3) is 0 Å². The lowest BCUT2D eigenvalue weighted by atomic mass is 10.2. The van der Waals surface area contributed by atoms with Crippen molar-refractivity contribution in [3.05, 3.63) is 52.2 Å². The van der Waals surface area contributed by atoms with E-state index in [1.165, 1.54) is 4.88 Å².